The fourth-order valence-corrected chi connectivity index (χ4v) is 4.04. The van der Waals surface area contributed by atoms with Crippen molar-refractivity contribution in [3.05, 3.63) is 71.3 Å². The van der Waals surface area contributed by atoms with Crippen LogP contribution in [0.3, 0.4) is 0 Å². The summed E-state index contributed by atoms with van der Waals surface area (Å²) in [6.07, 6.45) is -2.13. The van der Waals surface area contributed by atoms with Gasteiger partial charge in [0.25, 0.3) is 0 Å². The van der Waals surface area contributed by atoms with Gasteiger partial charge in [-0.1, -0.05) is 36.4 Å². The van der Waals surface area contributed by atoms with Crippen molar-refractivity contribution in [3.63, 3.8) is 0 Å². The molecule has 1 atom stereocenters. The number of halogens is 3. The summed E-state index contributed by atoms with van der Waals surface area (Å²) in [7, 11) is 0. The highest BCUT2D eigenvalue weighted by Gasteiger charge is 2.34. The zero-order valence-electron chi connectivity index (χ0n) is 20.1. The number of nitrogens with zero attached hydrogens (tertiary/aromatic N) is 1. The molecule has 1 unspecified atom stereocenters. The van der Waals surface area contributed by atoms with Crippen LogP contribution in [0.4, 0.5) is 13.2 Å². The highest BCUT2D eigenvalue weighted by Crippen LogP contribution is 2.36. The second-order valence-electron chi connectivity index (χ2n) is 8.22. The van der Waals surface area contributed by atoms with E-state index in [1.165, 1.54) is 6.07 Å². The van der Waals surface area contributed by atoms with Gasteiger partial charge in [-0.25, -0.2) is 4.79 Å². The van der Waals surface area contributed by atoms with Crippen LogP contribution in [0, 0.1) is 0 Å². The highest BCUT2D eigenvalue weighted by atomic mass is 19.4. The Balaban J connectivity index is 1.48. The average Bonchev–Trinajstić information content (AvgIpc) is 2.85. The molecular formula is C27H32F3NO4. The Morgan fingerprint density at radius 3 is 2.43 bits per heavy atom. The molecule has 0 fully saturated rings. The van der Waals surface area contributed by atoms with Crippen molar-refractivity contribution in [1.29, 1.82) is 0 Å². The normalized spacial score (nSPS) is 15.4. The smallest absolute Gasteiger partial charge is 0.416 e. The molecule has 3 rings (SSSR count). The summed E-state index contributed by atoms with van der Waals surface area (Å²) in [4.78, 5) is 14.2. The maximum absolute atomic E-state index is 13.3. The molecule has 1 aliphatic heterocycles. The van der Waals surface area contributed by atoms with E-state index in [-0.39, 0.29) is 11.5 Å². The zero-order chi connectivity index (χ0) is 25.3. The van der Waals surface area contributed by atoms with Crippen LogP contribution >= 0.6 is 0 Å². The number of hydrogen-bond acceptors (Lipinski definition) is 5. The van der Waals surface area contributed by atoms with Crippen LogP contribution in [0.1, 0.15) is 37.0 Å². The highest BCUT2D eigenvalue weighted by molar-refractivity contribution is 5.75. The van der Waals surface area contributed by atoms with Crippen molar-refractivity contribution in [1.82, 2.24) is 4.90 Å². The average molecular weight is 492 g/mol. The van der Waals surface area contributed by atoms with Gasteiger partial charge in [-0.15, -0.1) is 0 Å². The van der Waals surface area contributed by atoms with Gasteiger partial charge in [-0.2, -0.15) is 13.2 Å². The summed E-state index contributed by atoms with van der Waals surface area (Å²) < 4.78 is 56.4. The molecule has 1 aliphatic rings. The fraction of sp³-hybridized carbons (Fsp3) is 0.444. The number of rotatable bonds is 11. The Labute approximate surface area is 204 Å². The third-order valence-electron chi connectivity index (χ3n) is 5.81. The number of ether oxygens (including phenoxy) is 3. The third kappa shape index (κ3) is 7.83. The quantitative estimate of drug-likeness (QED) is 0.395. The first-order valence-corrected chi connectivity index (χ1v) is 11.9. The van der Waals surface area contributed by atoms with Gasteiger partial charge < -0.3 is 14.2 Å². The van der Waals surface area contributed by atoms with E-state index >= 15 is 0 Å². The molecule has 8 heteroatoms. The van der Waals surface area contributed by atoms with Crippen LogP contribution in [0.5, 0.6) is 5.75 Å². The monoisotopic (exact) mass is 491 g/mol. The number of esters is 1. The predicted molar refractivity (Wildman–Crippen MR) is 128 cm³/mol. The lowest BCUT2D eigenvalue weighted by Crippen LogP contribution is -2.32. The molecule has 0 N–H and O–H groups in total. The number of hydrogen-bond donors (Lipinski definition) is 0. The molecule has 0 spiro atoms. The first kappa shape index (κ1) is 26.8. The number of carbonyl (C=O) groups excluding carboxylic acids is 1. The van der Waals surface area contributed by atoms with E-state index in [9.17, 15) is 18.0 Å². The first-order valence-electron chi connectivity index (χ1n) is 11.9. The second kappa shape index (κ2) is 12.7. The number of alkyl halides is 3. The molecule has 1 heterocycles. The summed E-state index contributed by atoms with van der Waals surface area (Å²) in [5, 5.41) is 0. The van der Waals surface area contributed by atoms with E-state index in [2.05, 4.69) is 4.90 Å². The summed E-state index contributed by atoms with van der Waals surface area (Å²) in [5.74, 6) is 0.348. The Morgan fingerprint density at radius 1 is 1.06 bits per heavy atom. The minimum atomic E-state index is -4.36. The van der Waals surface area contributed by atoms with Gasteiger partial charge in [-0.05, 0) is 55.2 Å². The predicted octanol–water partition coefficient (Wildman–Crippen LogP) is 5.38. The molecule has 2 aromatic rings. The molecule has 0 aromatic heterocycles. The first-order chi connectivity index (χ1) is 16.8. The van der Waals surface area contributed by atoms with E-state index in [1.54, 1.807) is 19.1 Å². The Hall–Kier alpha value is -2.84. The van der Waals surface area contributed by atoms with Crippen LogP contribution in [0.2, 0.25) is 0 Å². The van der Waals surface area contributed by atoms with E-state index in [0.717, 1.165) is 17.2 Å². The molecule has 0 saturated heterocycles. The standard InChI is InChI=1S/C27H32F3NO4/c1-3-33-25(26(32)34-4-2)19-20-9-11-22(12-10-20)35-18-17-31-15-13-21(14-16-31)23-7-5-6-8-24(23)27(28,29)30/h5-13,25H,3-4,14-19H2,1-2H3. The van der Waals surface area contributed by atoms with E-state index < -0.39 is 17.8 Å². The molecule has 0 saturated carbocycles. The summed E-state index contributed by atoms with van der Waals surface area (Å²) >= 11 is 0. The maximum Gasteiger partial charge on any atom is 0.416 e. The molecule has 0 aliphatic carbocycles. The lowest BCUT2D eigenvalue weighted by Gasteiger charge is -2.27. The maximum atomic E-state index is 13.3. The van der Waals surface area contributed by atoms with Gasteiger partial charge in [0.15, 0.2) is 6.10 Å². The van der Waals surface area contributed by atoms with Crippen LogP contribution in [-0.2, 0) is 26.9 Å². The van der Waals surface area contributed by atoms with Gasteiger partial charge in [0, 0.05) is 32.7 Å². The fourth-order valence-electron chi connectivity index (χ4n) is 4.04. The van der Waals surface area contributed by atoms with Crippen LogP contribution < -0.4 is 4.74 Å². The molecule has 0 amide bonds. The second-order valence-corrected chi connectivity index (χ2v) is 8.22. The summed E-state index contributed by atoms with van der Waals surface area (Å²) in [5.41, 5.74) is 1.36. The number of benzene rings is 2. The SMILES string of the molecule is CCOC(=O)C(Cc1ccc(OCCN2CC=C(c3ccccc3C(F)(F)F)CC2)cc1)OCC. The zero-order valence-corrected chi connectivity index (χ0v) is 20.1. The topological polar surface area (TPSA) is 48.0 Å². The van der Waals surface area contributed by atoms with Crippen LogP contribution in [0.25, 0.3) is 5.57 Å². The molecule has 2 aromatic carbocycles. The van der Waals surface area contributed by atoms with Crippen molar-refractivity contribution >= 4 is 11.5 Å². The molecule has 5 nitrogen and oxygen atoms in total. The largest absolute Gasteiger partial charge is 0.492 e. The van der Waals surface area contributed by atoms with Gasteiger partial charge in [0.2, 0.25) is 0 Å². The minimum Gasteiger partial charge on any atom is -0.492 e. The molecule has 0 radical (unpaired) electrons. The van der Waals surface area contributed by atoms with Crippen molar-refractivity contribution in [2.75, 3.05) is 39.5 Å². The van der Waals surface area contributed by atoms with Crippen LogP contribution in [0.15, 0.2) is 54.6 Å². The number of carbonyl (C=O) groups is 1. The van der Waals surface area contributed by atoms with Gasteiger partial charge in [0.1, 0.15) is 12.4 Å². The third-order valence-corrected chi connectivity index (χ3v) is 5.81. The summed E-state index contributed by atoms with van der Waals surface area (Å²) in [6.45, 7) is 6.72. The lowest BCUT2D eigenvalue weighted by molar-refractivity contribution is -0.156. The van der Waals surface area contributed by atoms with Gasteiger partial charge in [-0.3, -0.25) is 4.90 Å². The Bertz CT molecular complexity index is 989. The molecule has 35 heavy (non-hydrogen) atoms. The molecular weight excluding hydrogens is 459 g/mol. The van der Waals surface area contributed by atoms with Crippen LogP contribution in [-0.4, -0.2) is 56.4 Å². The van der Waals surface area contributed by atoms with Crippen molar-refractivity contribution in [2.45, 2.75) is 39.0 Å². The summed E-state index contributed by atoms with van der Waals surface area (Å²) in [6, 6.07) is 13.2. The molecule has 190 valence electrons. The van der Waals surface area contributed by atoms with Crippen molar-refractivity contribution in [3.8, 4) is 5.75 Å². The van der Waals surface area contributed by atoms with Crippen molar-refractivity contribution < 1.29 is 32.2 Å². The Morgan fingerprint density at radius 2 is 1.80 bits per heavy atom. The lowest BCUT2D eigenvalue weighted by atomic mass is 9.94. The van der Waals surface area contributed by atoms with Crippen molar-refractivity contribution in [2.24, 2.45) is 0 Å². The minimum absolute atomic E-state index is 0.269. The van der Waals surface area contributed by atoms with E-state index in [0.29, 0.717) is 58.0 Å². The van der Waals surface area contributed by atoms with Gasteiger partial charge >= 0.3 is 12.1 Å². The van der Waals surface area contributed by atoms with E-state index in [4.69, 9.17) is 14.2 Å². The van der Waals surface area contributed by atoms with Gasteiger partial charge in [0.05, 0.1) is 12.2 Å². The Kier molecular flexibility index (Phi) is 9.74. The van der Waals surface area contributed by atoms with E-state index in [1.807, 2.05) is 37.3 Å². The molecule has 0 bridgehead atoms.